The Bertz CT molecular complexity index is 838. The zero-order chi connectivity index (χ0) is 19.0. The first-order valence-electron chi connectivity index (χ1n) is 9.34. The van der Waals surface area contributed by atoms with Gasteiger partial charge in [-0.25, -0.2) is 0 Å². The Kier molecular flexibility index (Phi) is 4.66. The lowest BCUT2D eigenvalue weighted by molar-refractivity contribution is -0.166. The predicted molar refractivity (Wildman–Crippen MR) is 101 cm³/mol. The minimum Gasteiger partial charge on any atom is -0.394 e. The van der Waals surface area contributed by atoms with Gasteiger partial charge in [0.05, 0.1) is 25.2 Å². The van der Waals surface area contributed by atoms with Crippen LogP contribution in [0.15, 0.2) is 48.8 Å². The first-order valence-corrected chi connectivity index (χ1v) is 9.34. The molecule has 2 saturated heterocycles. The molecule has 4 rings (SSSR count). The second-order valence-electron chi connectivity index (χ2n) is 7.13. The third-order valence-electron chi connectivity index (χ3n) is 5.72. The largest absolute Gasteiger partial charge is 0.394 e. The normalized spacial score (nSPS) is 24.4. The summed E-state index contributed by atoms with van der Waals surface area (Å²) in [6.45, 7) is 2.39. The van der Waals surface area contributed by atoms with E-state index in [2.05, 4.69) is 29.2 Å². The van der Waals surface area contributed by atoms with Gasteiger partial charge in [0.1, 0.15) is 0 Å². The van der Waals surface area contributed by atoms with E-state index in [1.807, 2.05) is 19.1 Å². The minimum atomic E-state index is -0.215. The molecule has 0 aliphatic carbocycles. The van der Waals surface area contributed by atoms with Crippen LogP contribution < -0.4 is 0 Å². The van der Waals surface area contributed by atoms with Gasteiger partial charge in [0.2, 0.25) is 11.8 Å². The fourth-order valence-corrected chi connectivity index (χ4v) is 4.36. The van der Waals surface area contributed by atoms with Crippen LogP contribution in [0.5, 0.6) is 0 Å². The molecule has 140 valence electrons. The lowest BCUT2D eigenvalue weighted by Gasteiger charge is -2.58. The number of benzene rings is 1. The van der Waals surface area contributed by atoms with E-state index in [1.165, 1.54) is 0 Å². The van der Waals surface area contributed by atoms with Crippen molar-refractivity contribution in [3.8, 4) is 11.1 Å². The van der Waals surface area contributed by atoms with Gasteiger partial charge in [-0.3, -0.25) is 14.6 Å². The third-order valence-corrected chi connectivity index (χ3v) is 5.72. The number of piperazine rings is 1. The van der Waals surface area contributed by atoms with Crippen LogP contribution >= 0.6 is 0 Å². The number of aliphatic hydroxyl groups is 1. The van der Waals surface area contributed by atoms with Gasteiger partial charge in [0, 0.05) is 31.3 Å². The van der Waals surface area contributed by atoms with Crippen LogP contribution in [0.3, 0.4) is 0 Å². The molecule has 2 amide bonds. The number of hydrogen-bond acceptors (Lipinski definition) is 4. The van der Waals surface area contributed by atoms with Crippen LogP contribution in [0.1, 0.15) is 24.8 Å². The molecular weight excluding hydrogens is 342 g/mol. The summed E-state index contributed by atoms with van der Waals surface area (Å²) in [5.74, 6) is -0.0307. The third kappa shape index (κ3) is 3.00. The van der Waals surface area contributed by atoms with Gasteiger partial charge < -0.3 is 14.9 Å². The highest BCUT2D eigenvalue weighted by Crippen LogP contribution is 2.43. The Morgan fingerprint density at radius 2 is 1.81 bits per heavy atom. The smallest absolute Gasteiger partial charge is 0.242 e. The highest BCUT2D eigenvalue weighted by atomic mass is 16.3. The number of carbonyl (C=O) groups excluding carboxylic acids is 2. The van der Waals surface area contributed by atoms with Crippen molar-refractivity contribution in [1.82, 2.24) is 14.8 Å². The van der Waals surface area contributed by atoms with E-state index in [-0.39, 0.29) is 43.0 Å². The number of rotatable bonds is 4. The molecule has 1 aromatic carbocycles. The summed E-state index contributed by atoms with van der Waals surface area (Å²) < 4.78 is 0. The summed E-state index contributed by atoms with van der Waals surface area (Å²) in [4.78, 5) is 32.0. The number of fused-ring (bicyclic) bond motifs is 1. The SMILES string of the molecule is CCC(=O)N1CC(=O)N2[C@@H](CO)[C@H](c3ccc(-c4ccncc4)cc3)[C@@H]2C1. The Morgan fingerprint density at radius 3 is 2.44 bits per heavy atom. The van der Waals surface area contributed by atoms with Crippen molar-refractivity contribution < 1.29 is 14.7 Å². The second kappa shape index (κ2) is 7.12. The molecule has 1 N–H and O–H groups in total. The summed E-state index contributed by atoms with van der Waals surface area (Å²) in [6.07, 6.45) is 3.93. The van der Waals surface area contributed by atoms with Gasteiger partial charge in [0.15, 0.2) is 0 Å². The van der Waals surface area contributed by atoms with Crippen LogP contribution in [-0.2, 0) is 9.59 Å². The molecule has 3 heterocycles. The van der Waals surface area contributed by atoms with E-state index in [1.54, 1.807) is 22.2 Å². The monoisotopic (exact) mass is 365 g/mol. The number of carbonyl (C=O) groups is 2. The number of amides is 2. The molecule has 0 unspecified atom stereocenters. The molecule has 2 aliphatic rings. The average molecular weight is 365 g/mol. The van der Waals surface area contributed by atoms with E-state index in [4.69, 9.17) is 0 Å². The van der Waals surface area contributed by atoms with Crippen LogP contribution in [0, 0.1) is 0 Å². The molecule has 0 bridgehead atoms. The number of nitrogens with zero attached hydrogens (tertiary/aromatic N) is 3. The van der Waals surface area contributed by atoms with E-state index < -0.39 is 0 Å². The Labute approximate surface area is 158 Å². The fraction of sp³-hybridized carbons (Fsp3) is 0.381. The van der Waals surface area contributed by atoms with Gasteiger partial charge >= 0.3 is 0 Å². The van der Waals surface area contributed by atoms with Crippen molar-refractivity contribution in [3.05, 3.63) is 54.4 Å². The minimum absolute atomic E-state index is 0.00207. The predicted octanol–water partition coefficient (Wildman–Crippen LogP) is 1.66. The zero-order valence-electron chi connectivity index (χ0n) is 15.3. The van der Waals surface area contributed by atoms with Crippen LogP contribution in [0.25, 0.3) is 11.1 Å². The highest BCUT2D eigenvalue weighted by molar-refractivity contribution is 5.87. The summed E-state index contributed by atoms with van der Waals surface area (Å²) in [5.41, 5.74) is 3.28. The van der Waals surface area contributed by atoms with Gasteiger partial charge in [0.25, 0.3) is 0 Å². The molecular formula is C21H23N3O3. The molecule has 6 nitrogen and oxygen atoms in total. The van der Waals surface area contributed by atoms with Crippen LogP contribution in [-0.4, -0.2) is 63.5 Å². The van der Waals surface area contributed by atoms with Crippen molar-refractivity contribution in [3.63, 3.8) is 0 Å². The maximum absolute atomic E-state index is 12.5. The molecule has 2 aromatic rings. The van der Waals surface area contributed by atoms with Crippen molar-refractivity contribution in [2.24, 2.45) is 0 Å². The number of pyridine rings is 1. The standard InChI is InChI=1S/C21H23N3O3/c1-2-19(26)23-11-17-21(18(13-25)24(17)20(27)12-23)16-5-3-14(4-6-16)15-7-9-22-10-8-15/h3-10,17-18,21,25H,2,11-13H2,1H3/t17-,18-,21+/m0/s1. The lowest BCUT2D eigenvalue weighted by Crippen LogP contribution is -2.73. The Hall–Kier alpha value is -2.73. The fourth-order valence-electron chi connectivity index (χ4n) is 4.36. The Balaban J connectivity index is 1.58. The molecule has 2 aliphatic heterocycles. The first-order chi connectivity index (χ1) is 13.1. The van der Waals surface area contributed by atoms with Crippen LogP contribution in [0.2, 0.25) is 0 Å². The summed E-state index contributed by atoms with van der Waals surface area (Å²) in [6, 6.07) is 11.9. The van der Waals surface area contributed by atoms with Gasteiger partial charge in [-0.05, 0) is 28.8 Å². The van der Waals surface area contributed by atoms with Crippen molar-refractivity contribution in [2.75, 3.05) is 19.7 Å². The van der Waals surface area contributed by atoms with Crippen molar-refractivity contribution in [2.45, 2.75) is 31.3 Å². The molecule has 2 fully saturated rings. The molecule has 27 heavy (non-hydrogen) atoms. The van der Waals surface area contributed by atoms with E-state index in [0.717, 1.165) is 16.7 Å². The van der Waals surface area contributed by atoms with Gasteiger partial charge in [-0.2, -0.15) is 0 Å². The maximum Gasteiger partial charge on any atom is 0.242 e. The van der Waals surface area contributed by atoms with E-state index in [9.17, 15) is 14.7 Å². The summed E-state index contributed by atoms with van der Waals surface area (Å²) >= 11 is 0. The van der Waals surface area contributed by atoms with E-state index in [0.29, 0.717) is 13.0 Å². The molecule has 0 spiro atoms. The highest BCUT2D eigenvalue weighted by Gasteiger charge is 2.54. The van der Waals surface area contributed by atoms with E-state index >= 15 is 0 Å². The maximum atomic E-state index is 12.5. The van der Waals surface area contributed by atoms with Gasteiger partial charge in [-0.1, -0.05) is 31.2 Å². The Morgan fingerprint density at radius 1 is 1.15 bits per heavy atom. The average Bonchev–Trinajstić information content (AvgIpc) is 2.70. The molecule has 0 saturated carbocycles. The summed E-state index contributed by atoms with van der Waals surface area (Å²) in [5, 5.41) is 9.85. The zero-order valence-corrected chi connectivity index (χ0v) is 15.3. The topological polar surface area (TPSA) is 73.7 Å². The van der Waals surface area contributed by atoms with Crippen LogP contribution in [0.4, 0.5) is 0 Å². The molecule has 3 atom stereocenters. The molecule has 6 heteroatoms. The summed E-state index contributed by atoms with van der Waals surface area (Å²) in [7, 11) is 0. The molecule has 1 aromatic heterocycles. The number of hydrogen-bond donors (Lipinski definition) is 1. The molecule has 0 radical (unpaired) electrons. The number of aliphatic hydroxyl groups excluding tert-OH is 1. The van der Waals surface area contributed by atoms with Crippen molar-refractivity contribution in [1.29, 1.82) is 0 Å². The second-order valence-corrected chi connectivity index (χ2v) is 7.13. The van der Waals surface area contributed by atoms with Crippen molar-refractivity contribution >= 4 is 11.8 Å². The quantitative estimate of drug-likeness (QED) is 0.894. The van der Waals surface area contributed by atoms with Gasteiger partial charge in [-0.15, -0.1) is 0 Å². The lowest BCUT2D eigenvalue weighted by atomic mass is 9.73. The number of aromatic nitrogens is 1. The first kappa shape index (κ1) is 17.7.